The molecule has 1 aromatic rings. The van der Waals surface area contributed by atoms with Crippen molar-refractivity contribution in [1.29, 1.82) is 0 Å². The highest BCUT2D eigenvalue weighted by Crippen LogP contribution is 2.35. The normalized spacial score (nSPS) is 23.1. The third-order valence-corrected chi connectivity index (χ3v) is 6.53. The van der Waals surface area contributed by atoms with E-state index in [1.807, 2.05) is 18.5 Å². The molecular formula is C24H33F6N3O6. The van der Waals surface area contributed by atoms with Crippen molar-refractivity contribution < 1.29 is 55.6 Å². The number of hydrogen-bond donors (Lipinski definition) is 2. The quantitative estimate of drug-likeness (QED) is 0.523. The number of ether oxygens (including phenoxy) is 2. The summed E-state index contributed by atoms with van der Waals surface area (Å²) in [7, 11) is 0. The lowest BCUT2D eigenvalue weighted by Crippen LogP contribution is -2.51. The van der Waals surface area contributed by atoms with Crippen molar-refractivity contribution in [3.05, 3.63) is 24.5 Å². The molecule has 1 unspecified atom stereocenters. The van der Waals surface area contributed by atoms with E-state index in [0.717, 1.165) is 45.4 Å². The lowest BCUT2D eigenvalue weighted by atomic mass is 9.79. The van der Waals surface area contributed by atoms with E-state index < -0.39 is 24.3 Å². The van der Waals surface area contributed by atoms with Gasteiger partial charge in [0.2, 0.25) is 0 Å². The Kier molecular flexibility index (Phi) is 12.2. The molecule has 0 aliphatic carbocycles. The molecule has 0 amide bonds. The molecule has 2 N–H and O–H groups in total. The highest BCUT2D eigenvalue weighted by molar-refractivity contribution is 5.73. The van der Waals surface area contributed by atoms with Gasteiger partial charge < -0.3 is 29.5 Å². The smallest absolute Gasteiger partial charge is 0.475 e. The highest BCUT2D eigenvalue weighted by Gasteiger charge is 2.40. The van der Waals surface area contributed by atoms with E-state index in [-0.39, 0.29) is 5.41 Å². The molecule has 3 fully saturated rings. The maximum absolute atomic E-state index is 10.6. The van der Waals surface area contributed by atoms with Crippen LogP contribution in [0.3, 0.4) is 0 Å². The summed E-state index contributed by atoms with van der Waals surface area (Å²) in [6.07, 6.45) is -1.32. The SMILES string of the molecule is O=C(O)C(F)(F)F.O=C(O)C(F)(F)F.c1cncc(N2CCOCC3(CCCN(CC4CCOCC4)C3)C2)c1. The Balaban J connectivity index is 0.000000317. The number of anilines is 1. The predicted octanol–water partition coefficient (Wildman–Crippen LogP) is 3.69. The van der Waals surface area contributed by atoms with Gasteiger partial charge in [0.15, 0.2) is 0 Å². The number of rotatable bonds is 3. The molecule has 0 radical (unpaired) electrons. The molecule has 222 valence electrons. The lowest BCUT2D eigenvalue weighted by molar-refractivity contribution is -0.193. The number of pyridine rings is 1. The van der Waals surface area contributed by atoms with Gasteiger partial charge in [-0.25, -0.2) is 9.59 Å². The molecule has 0 aromatic carbocycles. The van der Waals surface area contributed by atoms with Crippen LogP contribution >= 0.6 is 0 Å². The van der Waals surface area contributed by atoms with Crippen LogP contribution in [-0.4, -0.2) is 104 Å². The molecule has 3 saturated heterocycles. The summed E-state index contributed by atoms with van der Waals surface area (Å²) in [5.41, 5.74) is 1.49. The van der Waals surface area contributed by atoms with Gasteiger partial charge in [0, 0.05) is 51.0 Å². The van der Waals surface area contributed by atoms with E-state index in [4.69, 9.17) is 29.3 Å². The Morgan fingerprint density at radius 3 is 2.13 bits per heavy atom. The van der Waals surface area contributed by atoms with Crippen molar-refractivity contribution in [1.82, 2.24) is 9.88 Å². The average molecular weight is 574 g/mol. The predicted molar refractivity (Wildman–Crippen MR) is 126 cm³/mol. The molecule has 3 aliphatic rings. The minimum Gasteiger partial charge on any atom is -0.475 e. The van der Waals surface area contributed by atoms with Crippen LogP contribution in [0.15, 0.2) is 24.5 Å². The number of likely N-dealkylation sites (tertiary alicyclic amines) is 1. The number of hydrogen-bond acceptors (Lipinski definition) is 7. The number of carboxylic acid groups (broad SMARTS) is 2. The second kappa shape index (κ2) is 14.7. The van der Waals surface area contributed by atoms with Gasteiger partial charge in [0.25, 0.3) is 0 Å². The summed E-state index contributed by atoms with van der Waals surface area (Å²) in [6, 6.07) is 4.21. The molecule has 4 rings (SSSR count). The molecule has 3 aliphatic heterocycles. The minimum atomic E-state index is -5.08. The molecular weight excluding hydrogens is 540 g/mol. The average Bonchev–Trinajstić information content (AvgIpc) is 3.07. The first-order valence-electron chi connectivity index (χ1n) is 12.3. The third-order valence-electron chi connectivity index (χ3n) is 6.53. The highest BCUT2D eigenvalue weighted by atomic mass is 19.4. The number of aromatic nitrogens is 1. The van der Waals surface area contributed by atoms with Crippen LogP contribution in [0.5, 0.6) is 0 Å². The molecule has 15 heteroatoms. The Morgan fingerprint density at radius 2 is 1.59 bits per heavy atom. The summed E-state index contributed by atoms with van der Waals surface area (Å²) < 4.78 is 75.1. The van der Waals surface area contributed by atoms with Crippen molar-refractivity contribution >= 4 is 17.6 Å². The molecule has 4 heterocycles. The fourth-order valence-electron chi connectivity index (χ4n) is 4.76. The number of halogens is 6. The fourth-order valence-corrected chi connectivity index (χ4v) is 4.76. The summed E-state index contributed by atoms with van der Waals surface area (Å²) in [4.78, 5) is 27.3. The Labute approximate surface area is 221 Å². The second-order valence-electron chi connectivity index (χ2n) is 9.69. The van der Waals surface area contributed by atoms with Gasteiger partial charge in [-0.15, -0.1) is 0 Å². The van der Waals surface area contributed by atoms with Crippen LogP contribution in [0, 0.1) is 11.3 Å². The Bertz CT molecular complexity index is 875. The summed E-state index contributed by atoms with van der Waals surface area (Å²) >= 11 is 0. The van der Waals surface area contributed by atoms with Crippen molar-refractivity contribution in [3.63, 3.8) is 0 Å². The van der Waals surface area contributed by atoms with Gasteiger partial charge in [-0.05, 0) is 50.3 Å². The topological polar surface area (TPSA) is 112 Å². The summed E-state index contributed by atoms with van der Waals surface area (Å²) in [5, 5.41) is 14.2. The van der Waals surface area contributed by atoms with Gasteiger partial charge in [-0.2, -0.15) is 26.3 Å². The number of piperidine rings is 1. The number of carboxylic acids is 2. The Hall–Kier alpha value is -2.65. The van der Waals surface area contributed by atoms with Crippen LogP contribution in [0.2, 0.25) is 0 Å². The first kappa shape index (κ1) is 32.6. The van der Waals surface area contributed by atoms with E-state index in [0.29, 0.717) is 0 Å². The zero-order chi connectivity index (χ0) is 29.1. The van der Waals surface area contributed by atoms with Crippen LogP contribution < -0.4 is 4.90 Å². The maximum atomic E-state index is 10.6. The van der Waals surface area contributed by atoms with E-state index in [9.17, 15) is 26.3 Å². The second-order valence-corrected chi connectivity index (χ2v) is 9.69. The molecule has 39 heavy (non-hydrogen) atoms. The van der Waals surface area contributed by atoms with Crippen LogP contribution in [0.1, 0.15) is 25.7 Å². The lowest BCUT2D eigenvalue weighted by Gasteiger charge is -2.45. The zero-order valence-corrected chi connectivity index (χ0v) is 21.2. The number of aliphatic carboxylic acids is 2. The monoisotopic (exact) mass is 573 g/mol. The molecule has 1 aromatic heterocycles. The van der Waals surface area contributed by atoms with E-state index in [1.54, 1.807) is 0 Å². The van der Waals surface area contributed by atoms with Crippen molar-refractivity contribution in [2.75, 3.05) is 64.1 Å². The molecule has 1 atom stereocenters. The number of nitrogens with zero attached hydrogens (tertiary/aromatic N) is 3. The van der Waals surface area contributed by atoms with Gasteiger partial charge in [0.1, 0.15) is 0 Å². The molecule has 0 bridgehead atoms. The largest absolute Gasteiger partial charge is 0.490 e. The maximum Gasteiger partial charge on any atom is 0.490 e. The van der Waals surface area contributed by atoms with Gasteiger partial charge in [-0.3, -0.25) is 4.98 Å². The van der Waals surface area contributed by atoms with Crippen molar-refractivity contribution in [2.45, 2.75) is 38.0 Å². The Morgan fingerprint density at radius 1 is 0.974 bits per heavy atom. The van der Waals surface area contributed by atoms with Crippen molar-refractivity contribution in [2.24, 2.45) is 11.3 Å². The fraction of sp³-hybridized carbons (Fsp3) is 0.708. The van der Waals surface area contributed by atoms with E-state index in [2.05, 4.69) is 20.9 Å². The van der Waals surface area contributed by atoms with Crippen molar-refractivity contribution in [3.8, 4) is 0 Å². The summed E-state index contributed by atoms with van der Waals surface area (Å²) in [5.74, 6) is -4.70. The minimum absolute atomic E-state index is 0.260. The first-order chi connectivity index (χ1) is 18.2. The molecule has 9 nitrogen and oxygen atoms in total. The standard InChI is InChI=1S/C20H31N3O2.2C2HF3O2/c1-3-19(13-21-7-1)23-9-12-25-17-20(16-23)6-2-8-22(15-20)14-18-4-10-24-11-5-18;2*3-2(4,5)1(6)7/h1,3,7,13,18H,2,4-6,8-12,14-17H2;2*(H,6,7). The zero-order valence-electron chi connectivity index (χ0n) is 21.2. The van der Waals surface area contributed by atoms with E-state index >= 15 is 0 Å². The molecule has 0 saturated carbocycles. The summed E-state index contributed by atoms with van der Waals surface area (Å²) in [6.45, 7) is 9.30. The first-order valence-corrected chi connectivity index (χ1v) is 12.3. The van der Waals surface area contributed by atoms with Crippen LogP contribution in [0.4, 0.5) is 32.0 Å². The van der Waals surface area contributed by atoms with Crippen LogP contribution in [0.25, 0.3) is 0 Å². The number of carbonyl (C=O) groups is 2. The van der Waals surface area contributed by atoms with Gasteiger partial charge in [-0.1, -0.05) is 0 Å². The molecule has 1 spiro atoms. The van der Waals surface area contributed by atoms with Gasteiger partial charge in [0.05, 0.1) is 25.1 Å². The van der Waals surface area contributed by atoms with Crippen LogP contribution in [-0.2, 0) is 19.1 Å². The third kappa shape index (κ3) is 11.5. The van der Waals surface area contributed by atoms with Gasteiger partial charge >= 0.3 is 24.3 Å². The van der Waals surface area contributed by atoms with E-state index in [1.165, 1.54) is 51.0 Å². The number of alkyl halides is 6.